The Balaban J connectivity index is 1.64. The van der Waals surface area contributed by atoms with Crippen LogP contribution in [0.15, 0.2) is 48.5 Å². The zero-order valence-electron chi connectivity index (χ0n) is 17.3. The van der Waals surface area contributed by atoms with Crippen molar-refractivity contribution in [2.45, 2.75) is 71.6 Å². The Bertz CT molecular complexity index is 926. The van der Waals surface area contributed by atoms with Gasteiger partial charge in [0.05, 0.1) is 0 Å². The molecular formula is C26H32O2. The van der Waals surface area contributed by atoms with Crippen LogP contribution in [0.3, 0.4) is 0 Å². The quantitative estimate of drug-likeness (QED) is 0.156. The number of carbonyl (C=O) groups excluding carboxylic acids is 1. The Morgan fingerprint density at radius 1 is 0.786 bits per heavy atom. The van der Waals surface area contributed by atoms with Crippen LogP contribution < -0.4 is 4.74 Å². The predicted molar refractivity (Wildman–Crippen MR) is 119 cm³/mol. The van der Waals surface area contributed by atoms with Crippen molar-refractivity contribution in [2.75, 3.05) is 0 Å². The molecule has 28 heavy (non-hydrogen) atoms. The summed E-state index contributed by atoms with van der Waals surface area (Å²) >= 11 is 0. The molecule has 2 nitrogen and oxygen atoms in total. The van der Waals surface area contributed by atoms with Crippen LogP contribution in [0.4, 0.5) is 0 Å². The van der Waals surface area contributed by atoms with Gasteiger partial charge in [0.15, 0.2) is 0 Å². The van der Waals surface area contributed by atoms with Gasteiger partial charge in [-0.25, -0.2) is 0 Å². The normalized spacial score (nSPS) is 11.2. The van der Waals surface area contributed by atoms with Crippen molar-refractivity contribution in [3.8, 4) is 5.75 Å². The van der Waals surface area contributed by atoms with Gasteiger partial charge >= 0.3 is 5.97 Å². The van der Waals surface area contributed by atoms with E-state index in [1.54, 1.807) is 0 Å². The highest BCUT2D eigenvalue weighted by molar-refractivity contribution is 6.06. The maximum absolute atomic E-state index is 12.5. The van der Waals surface area contributed by atoms with Crippen molar-refractivity contribution in [2.24, 2.45) is 0 Å². The van der Waals surface area contributed by atoms with Crippen molar-refractivity contribution in [3.63, 3.8) is 0 Å². The minimum absolute atomic E-state index is 0.120. The van der Waals surface area contributed by atoms with Crippen LogP contribution in [0.1, 0.15) is 70.3 Å². The van der Waals surface area contributed by atoms with Gasteiger partial charge in [-0.05, 0) is 36.2 Å². The minimum atomic E-state index is -0.120. The van der Waals surface area contributed by atoms with Gasteiger partial charge in [-0.15, -0.1) is 0 Å². The highest BCUT2D eigenvalue weighted by Crippen LogP contribution is 2.35. The molecule has 0 aliphatic rings. The number of esters is 1. The predicted octanol–water partition coefficient (Wildman–Crippen LogP) is 7.74. The Kier molecular flexibility index (Phi) is 7.47. The summed E-state index contributed by atoms with van der Waals surface area (Å²) in [5, 5.41) is 4.24. The van der Waals surface area contributed by atoms with E-state index in [1.807, 2.05) is 18.2 Å². The number of ether oxygens (including phenoxy) is 1. The first-order valence-electron chi connectivity index (χ1n) is 10.8. The summed E-state index contributed by atoms with van der Waals surface area (Å²) in [6.07, 6.45) is 10.3. The molecule has 0 radical (unpaired) electrons. The number of benzene rings is 3. The monoisotopic (exact) mass is 376 g/mol. The number of hydrogen-bond donors (Lipinski definition) is 0. The van der Waals surface area contributed by atoms with Crippen LogP contribution in [0, 0.1) is 6.92 Å². The summed E-state index contributed by atoms with van der Waals surface area (Å²) in [5.74, 6) is 0.589. The number of fused-ring (bicyclic) bond motifs is 2. The molecule has 0 aromatic heterocycles. The van der Waals surface area contributed by atoms with E-state index in [-0.39, 0.29) is 5.97 Å². The second-order valence-electron chi connectivity index (χ2n) is 7.85. The molecule has 0 aliphatic heterocycles. The van der Waals surface area contributed by atoms with E-state index in [4.69, 9.17) is 4.74 Å². The molecule has 0 bridgehead atoms. The summed E-state index contributed by atoms with van der Waals surface area (Å²) in [5.41, 5.74) is 1.17. The Hall–Kier alpha value is -2.35. The maximum atomic E-state index is 12.5. The molecule has 2 heteroatoms. The van der Waals surface area contributed by atoms with E-state index < -0.39 is 0 Å². The van der Waals surface area contributed by atoms with E-state index in [1.165, 1.54) is 44.1 Å². The molecule has 148 valence electrons. The van der Waals surface area contributed by atoms with Gasteiger partial charge in [0, 0.05) is 17.2 Å². The fraction of sp³-hybridized carbons (Fsp3) is 0.423. The Morgan fingerprint density at radius 3 is 2.25 bits per heavy atom. The molecule has 0 N–H and O–H groups in total. The van der Waals surface area contributed by atoms with Crippen molar-refractivity contribution >= 4 is 27.5 Å². The molecule has 0 amide bonds. The third-order valence-corrected chi connectivity index (χ3v) is 5.42. The van der Waals surface area contributed by atoms with Crippen molar-refractivity contribution < 1.29 is 9.53 Å². The molecule has 0 aliphatic carbocycles. The average molecular weight is 377 g/mol. The summed E-state index contributed by atoms with van der Waals surface area (Å²) in [4.78, 5) is 12.5. The maximum Gasteiger partial charge on any atom is 0.311 e. The van der Waals surface area contributed by atoms with Crippen LogP contribution in [-0.2, 0) is 4.79 Å². The highest BCUT2D eigenvalue weighted by Gasteiger charge is 2.13. The van der Waals surface area contributed by atoms with Crippen LogP contribution in [0.2, 0.25) is 0 Å². The number of aryl methyl sites for hydroxylation is 1. The standard InChI is InChI=1S/C26H32O2/c1-3-4-5-6-7-8-9-10-15-25(27)28-26-23-14-12-11-13-21(23)19-22-17-16-20(2)18-24(22)26/h11-14,16-19H,3-10,15H2,1-2H3. The summed E-state index contributed by atoms with van der Waals surface area (Å²) in [6, 6.07) is 16.6. The lowest BCUT2D eigenvalue weighted by Gasteiger charge is -2.12. The van der Waals surface area contributed by atoms with Crippen LogP contribution in [-0.4, -0.2) is 5.97 Å². The van der Waals surface area contributed by atoms with E-state index in [9.17, 15) is 4.79 Å². The molecule has 0 saturated heterocycles. The van der Waals surface area contributed by atoms with Crippen LogP contribution in [0.5, 0.6) is 5.75 Å². The number of rotatable bonds is 10. The molecule has 3 aromatic rings. The third-order valence-electron chi connectivity index (χ3n) is 5.42. The van der Waals surface area contributed by atoms with Crippen LogP contribution >= 0.6 is 0 Å². The lowest BCUT2D eigenvalue weighted by atomic mass is 10.0. The van der Waals surface area contributed by atoms with E-state index in [0.717, 1.165) is 34.4 Å². The molecule has 0 saturated carbocycles. The first-order valence-corrected chi connectivity index (χ1v) is 10.8. The fourth-order valence-corrected chi connectivity index (χ4v) is 3.81. The third kappa shape index (κ3) is 5.34. The van der Waals surface area contributed by atoms with E-state index in [0.29, 0.717) is 12.2 Å². The molecule has 3 rings (SSSR count). The Labute approximate surface area is 168 Å². The topological polar surface area (TPSA) is 26.3 Å². The van der Waals surface area contributed by atoms with Gasteiger partial charge in [0.25, 0.3) is 0 Å². The summed E-state index contributed by atoms with van der Waals surface area (Å²) in [6.45, 7) is 4.31. The lowest BCUT2D eigenvalue weighted by molar-refractivity contribution is -0.134. The molecular weight excluding hydrogens is 344 g/mol. The SMILES string of the molecule is CCCCCCCCCCC(=O)Oc1c2ccccc2cc2ccc(C)cc12. The molecule has 0 fully saturated rings. The minimum Gasteiger partial charge on any atom is -0.425 e. The zero-order chi connectivity index (χ0) is 19.8. The molecule has 0 heterocycles. The smallest absolute Gasteiger partial charge is 0.311 e. The summed E-state index contributed by atoms with van der Waals surface area (Å²) in [7, 11) is 0. The van der Waals surface area contributed by atoms with Gasteiger partial charge in [-0.2, -0.15) is 0 Å². The molecule has 0 atom stereocenters. The largest absolute Gasteiger partial charge is 0.425 e. The first kappa shape index (κ1) is 20.4. The summed E-state index contributed by atoms with van der Waals surface area (Å²) < 4.78 is 5.92. The first-order chi connectivity index (χ1) is 13.7. The number of unbranched alkanes of at least 4 members (excludes halogenated alkanes) is 7. The van der Waals surface area contributed by atoms with E-state index >= 15 is 0 Å². The van der Waals surface area contributed by atoms with Gasteiger partial charge in [0.1, 0.15) is 5.75 Å². The molecule has 0 unspecified atom stereocenters. The lowest BCUT2D eigenvalue weighted by Crippen LogP contribution is -2.08. The van der Waals surface area contributed by atoms with Gasteiger partial charge in [-0.1, -0.05) is 93.8 Å². The van der Waals surface area contributed by atoms with Gasteiger partial charge in [0.2, 0.25) is 0 Å². The molecule has 0 spiro atoms. The van der Waals surface area contributed by atoms with Crippen molar-refractivity contribution in [3.05, 3.63) is 54.1 Å². The van der Waals surface area contributed by atoms with Gasteiger partial charge in [-0.3, -0.25) is 4.79 Å². The number of hydrogen-bond acceptors (Lipinski definition) is 2. The molecule has 3 aromatic carbocycles. The number of carbonyl (C=O) groups is 1. The van der Waals surface area contributed by atoms with E-state index in [2.05, 4.69) is 44.2 Å². The fourth-order valence-electron chi connectivity index (χ4n) is 3.81. The zero-order valence-corrected chi connectivity index (χ0v) is 17.3. The van der Waals surface area contributed by atoms with Crippen molar-refractivity contribution in [1.29, 1.82) is 0 Å². The average Bonchev–Trinajstić information content (AvgIpc) is 2.70. The second-order valence-corrected chi connectivity index (χ2v) is 7.85. The van der Waals surface area contributed by atoms with Crippen molar-refractivity contribution in [1.82, 2.24) is 0 Å². The highest BCUT2D eigenvalue weighted by atomic mass is 16.5. The second kappa shape index (κ2) is 10.3. The Morgan fingerprint density at radius 2 is 1.46 bits per heavy atom. The van der Waals surface area contributed by atoms with Crippen LogP contribution in [0.25, 0.3) is 21.5 Å². The van der Waals surface area contributed by atoms with Gasteiger partial charge < -0.3 is 4.74 Å².